The lowest BCUT2D eigenvalue weighted by Crippen LogP contribution is -2.33. The molecule has 0 saturated heterocycles. The SMILES string of the molecule is CC1(C)COc2c(-c3ccnc4cc[nH]c34)c(-c3ccc(F)cc3)nn2C1. The van der Waals surface area contributed by atoms with Crippen LogP contribution in [0.2, 0.25) is 0 Å². The number of hydrogen-bond acceptors (Lipinski definition) is 3. The van der Waals surface area contributed by atoms with Crippen molar-refractivity contribution in [3.63, 3.8) is 0 Å². The molecule has 1 aliphatic heterocycles. The van der Waals surface area contributed by atoms with Gasteiger partial charge in [-0.1, -0.05) is 13.8 Å². The summed E-state index contributed by atoms with van der Waals surface area (Å²) in [5, 5.41) is 4.85. The molecule has 136 valence electrons. The summed E-state index contributed by atoms with van der Waals surface area (Å²) in [6, 6.07) is 10.3. The molecule has 27 heavy (non-hydrogen) atoms. The molecular formula is C21H19FN4O. The van der Waals surface area contributed by atoms with E-state index in [-0.39, 0.29) is 11.2 Å². The first-order chi connectivity index (χ1) is 13.0. The lowest BCUT2D eigenvalue weighted by atomic mass is 9.93. The summed E-state index contributed by atoms with van der Waals surface area (Å²) in [4.78, 5) is 7.68. The van der Waals surface area contributed by atoms with Crippen molar-refractivity contribution in [3.8, 4) is 28.3 Å². The molecule has 4 heterocycles. The molecule has 0 spiro atoms. The van der Waals surface area contributed by atoms with Crippen LogP contribution >= 0.6 is 0 Å². The van der Waals surface area contributed by atoms with Crippen molar-refractivity contribution in [2.24, 2.45) is 5.41 Å². The zero-order chi connectivity index (χ0) is 18.6. The van der Waals surface area contributed by atoms with E-state index < -0.39 is 0 Å². The highest BCUT2D eigenvalue weighted by atomic mass is 19.1. The van der Waals surface area contributed by atoms with Gasteiger partial charge in [0.15, 0.2) is 0 Å². The minimum Gasteiger partial charge on any atom is -0.477 e. The van der Waals surface area contributed by atoms with Crippen molar-refractivity contribution < 1.29 is 9.13 Å². The Bertz CT molecular complexity index is 1140. The van der Waals surface area contributed by atoms with Crippen molar-refractivity contribution in [2.75, 3.05) is 6.61 Å². The van der Waals surface area contributed by atoms with Crippen molar-refractivity contribution in [2.45, 2.75) is 20.4 Å². The largest absolute Gasteiger partial charge is 0.477 e. The Kier molecular flexibility index (Phi) is 3.37. The van der Waals surface area contributed by atoms with Gasteiger partial charge < -0.3 is 9.72 Å². The number of pyridine rings is 1. The maximum atomic E-state index is 13.5. The lowest BCUT2D eigenvalue weighted by molar-refractivity contribution is 0.101. The highest BCUT2D eigenvalue weighted by molar-refractivity contribution is 5.97. The number of H-pyrrole nitrogens is 1. The van der Waals surface area contributed by atoms with Gasteiger partial charge in [0.25, 0.3) is 0 Å². The summed E-state index contributed by atoms with van der Waals surface area (Å²) in [6.45, 7) is 5.69. The van der Waals surface area contributed by atoms with Crippen LogP contribution in [0, 0.1) is 11.2 Å². The van der Waals surface area contributed by atoms with Crippen LogP contribution in [0.1, 0.15) is 13.8 Å². The second-order valence-corrected chi connectivity index (χ2v) is 7.74. The summed E-state index contributed by atoms with van der Waals surface area (Å²) in [5.41, 5.74) is 5.34. The number of aromatic nitrogens is 4. The van der Waals surface area contributed by atoms with Gasteiger partial charge in [0, 0.05) is 28.9 Å². The van der Waals surface area contributed by atoms with Gasteiger partial charge in [0.05, 0.1) is 29.7 Å². The highest BCUT2D eigenvalue weighted by Gasteiger charge is 2.32. The fourth-order valence-electron chi connectivity index (χ4n) is 3.64. The summed E-state index contributed by atoms with van der Waals surface area (Å²) in [7, 11) is 0. The van der Waals surface area contributed by atoms with Gasteiger partial charge in [0.2, 0.25) is 5.88 Å². The average Bonchev–Trinajstić information content (AvgIpc) is 3.25. The van der Waals surface area contributed by atoms with Gasteiger partial charge in [-0.05, 0) is 36.4 Å². The smallest absolute Gasteiger partial charge is 0.220 e. The lowest BCUT2D eigenvalue weighted by Gasteiger charge is -2.30. The van der Waals surface area contributed by atoms with E-state index in [1.165, 1.54) is 12.1 Å². The topological polar surface area (TPSA) is 55.7 Å². The van der Waals surface area contributed by atoms with Gasteiger partial charge in [-0.2, -0.15) is 5.10 Å². The van der Waals surface area contributed by atoms with Gasteiger partial charge in [-0.3, -0.25) is 4.98 Å². The molecule has 0 aliphatic carbocycles. The van der Waals surface area contributed by atoms with E-state index >= 15 is 0 Å². The van der Waals surface area contributed by atoms with E-state index in [1.807, 2.05) is 23.0 Å². The Morgan fingerprint density at radius 3 is 2.78 bits per heavy atom. The molecule has 0 amide bonds. The molecule has 0 saturated carbocycles. The summed E-state index contributed by atoms with van der Waals surface area (Å²) in [5.74, 6) is 0.480. The van der Waals surface area contributed by atoms with Crippen molar-refractivity contribution >= 4 is 11.0 Å². The Hall–Kier alpha value is -3.15. The van der Waals surface area contributed by atoms with Crippen LogP contribution in [0.3, 0.4) is 0 Å². The predicted octanol–water partition coefficient (Wildman–Crippen LogP) is 4.65. The van der Waals surface area contributed by atoms with Crippen LogP contribution < -0.4 is 4.74 Å². The fraction of sp³-hybridized carbons (Fsp3) is 0.238. The number of ether oxygens (including phenoxy) is 1. The van der Waals surface area contributed by atoms with Crippen LogP contribution in [0.25, 0.3) is 33.4 Å². The second kappa shape index (κ2) is 5.67. The molecule has 0 bridgehead atoms. The zero-order valence-electron chi connectivity index (χ0n) is 15.2. The maximum Gasteiger partial charge on any atom is 0.220 e. The number of hydrogen-bond donors (Lipinski definition) is 1. The van der Waals surface area contributed by atoms with E-state index in [4.69, 9.17) is 9.84 Å². The molecule has 3 aromatic heterocycles. The fourth-order valence-corrected chi connectivity index (χ4v) is 3.64. The number of fused-ring (bicyclic) bond motifs is 2. The number of halogens is 1. The Labute approximate surface area is 155 Å². The van der Waals surface area contributed by atoms with Crippen LogP contribution in [0.4, 0.5) is 4.39 Å². The van der Waals surface area contributed by atoms with Crippen LogP contribution in [0.15, 0.2) is 48.8 Å². The first-order valence-corrected chi connectivity index (χ1v) is 8.94. The Morgan fingerprint density at radius 1 is 1.15 bits per heavy atom. The molecular weight excluding hydrogens is 343 g/mol. The molecule has 5 nitrogen and oxygen atoms in total. The van der Waals surface area contributed by atoms with Crippen LogP contribution in [0.5, 0.6) is 5.88 Å². The van der Waals surface area contributed by atoms with E-state index in [0.29, 0.717) is 6.61 Å². The number of nitrogens with zero attached hydrogens (tertiary/aromatic N) is 3. The van der Waals surface area contributed by atoms with Gasteiger partial charge in [-0.15, -0.1) is 0 Å². The first-order valence-electron chi connectivity index (χ1n) is 8.94. The van der Waals surface area contributed by atoms with Crippen molar-refractivity contribution in [3.05, 3.63) is 54.6 Å². The van der Waals surface area contributed by atoms with Crippen molar-refractivity contribution in [1.82, 2.24) is 19.7 Å². The first kappa shape index (κ1) is 16.1. The van der Waals surface area contributed by atoms with E-state index in [2.05, 4.69) is 23.8 Å². The molecule has 4 aromatic rings. The molecule has 0 radical (unpaired) electrons. The summed E-state index contributed by atoms with van der Waals surface area (Å²) < 4.78 is 21.5. The summed E-state index contributed by atoms with van der Waals surface area (Å²) >= 11 is 0. The Balaban J connectivity index is 1.79. The average molecular weight is 362 g/mol. The van der Waals surface area contributed by atoms with Gasteiger partial charge >= 0.3 is 0 Å². The minimum atomic E-state index is -0.266. The number of benzene rings is 1. The highest BCUT2D eigenvalue weighted by Crippen LogP contribution is 2.44. The van der Waals surface area contributed by atoms with E-state index in [9.17, 15) is 4.39 Å². The van der Waals surface area contributed by atoms with Gasteiger partial charge in [0.1, 0.15) is 11.5 Å². The van der Waals surface area contributed by atoms with E-state index in [0.717, 1.165) is 45.8 Å². The third-order valence-corrected chi connectivity index (χ3v) is 4.92. The zero-order valence-corrected chi connectivity index (χ0v) is 15.2. The maximum absolute atomic E-state index is 13.5. The standard InChI is InChI=1S/C21H19FN4O/c1-21(2)11-26-20(27-12-21)17(15-7-9-23-16-8-10-24-19(15)16)18(25-26)13-3-5-14(22)6-4-13/h3-10,24H,11-12H2,1-2H3. The quantitative estimate of drug-likeness (QED) is 0.565. The van der Waals surface area contributed by atoms with Crippen molar-refractivity contribution in [1.29, 1.82) is 0 Å². The summed E-state index contributed by atoms with van der Waals surface area (Å²) in [6.07, 6.45) is 3.66. The Morgan fingerprint density at radius 2 is 1.96 bits per heavy atom. The number of rotatable bonds is 2. The normalized spacial score (nSPS) is 15.5. The van der Waals surface area contributed by atoms with E-state index in [1.54, 1.807) is 18.3 Å². The molecule has 5 rings (SSSR count). The van der Waals surface area contributed by atoms with Gasteiger partial charge in [-0.25, -0.2) is 9.07 Å². The predicted molar refractivity (Wildman–Crippen MR) is 102 cm³/mol. The molecule has 0 fully saturated rings. The second-order valence-electron chi connectivity index (χ2n) is 7.74. The monoisotopic (exact) mass is 362 g/mol. The molecule has 1 aromatic carbocycles. The third kappa shape index (κ3) is 2.60. The van der Waals surface area contributed by atoms with Crippen LogP contribution in [-0.2, 0) is 6.54 Å². The minimum absolute atomic E-state index is 0.00362. The molecule has 6 heteroatoms. The number of nitrogens with one attached hydrogen (secondary N) is 1. The molecule has 0 atom stereocenters. The third-order valence-electron chi connectivity index (χ3n) is 4.92. The molecule has 0 unspecified atom stereocenters. The molecule has 1 N–H and O–H groups in total. The van der Waals surface area contributed by atoms with Crippen LogP contribution in [-0.4, -0.2) is 26.4 Å². The molecule has 1 aliphatic rings. The number of aromatic amines is 1.